The number of hydrogen-bond donors (Lipinski definition) is 3. The largest absolute Gasteiger partial charge is 0.481 e. The Morgan fingerprint density at radius 1 is 0.797 bits per heavy atom. The van der Waals surface area contributed by atoms with Gasteiger partial charge in [0.1, 0.15) is 0 Å². The number of benzene rings is 3. The van der Waals surface area contributed by atoms with E-state index in [4.69, 9.17) is 14.6 Å². The predicted octanol–water partition coefficient (Wildman–Crippen LogP) is 7.23. The van der Waals surface area contributed by atoms with E-state index in [1.165, 1.54) is 36.4 Å². The fourth-order valence-electron chi connectivity index (χ4n) is 7.69. The maximum Gasteiger partial charge on any atom is 0.303 e. The lowest BCUT2D eigenvalue weighted by Gasteiger charge is -2.32. The van der Waals surface area contributed by atoms with E-state index in [-0.39, 0.29) is 34.5 Å². The van der Waals surface area contributed by atoms with Gasteiger partial charge in [0.15, 0.2) is 0 Å². The number of fused-ring (bicyclic) bond motifs is 2. The van der Waals surface area contributed by atoms with Crippen LogP contribution in [-0.2, 0) is 51.9 Å². The van der Waals surface area contributed by atoms with Crippen LogP contribution >= 0.6 is 0 Å². The zero-order valence-corrected chi connectivity index (χ0v) is 35.1. The molecular weight excluding hydrogens is 803 g/mol. The van der Waals surface area contributed by atoms with E-state index in [2.05, 4.69) is 9.80 Å². The fraction of sp³-hybridized carbons (Fsp3) is 0.405. The summed E-state index contributed by atoms with van der Waals surface area (Å²) < 4.78 is 79.5. The molecule has 0 aliphatic carbocycles. The molecule has 0 bridgehead atoms. The average molecular weight is 854 g/mol. The first-order chi connectivity index (χ1) is 27.7. The number of carboxylic acids is 1. The molecule has 0 aromatic heterocycles. The van der Waals surface area contributed by atoms with E-state index in [0.717, 1.165) is 33.8 Å². The quantitative estimate of drug-likeness (QED) is 0.0336. The van der Waals surface area contributed by atoms with E-state index in [0.29, 0.717) is 52.2 Å². The Morgan fingerprint density at radius 2 is 1.42 bits per heavy atom. The van der Waals surface area contributed by atoms with Crippen molar-refractivity contribution in [3.8, 4) is 0 Å². The molecule has 318 valence electrons. The summed E-state index contributed by atoms with van der Waals surface area (Å²) >= 11 is 0. The Balaban J connectivity index is 1.31. The van der Waals surface area contributed by atoms with Crippen LogP contribution in [-0.4, -0.2) is 80.9 Å². The van der Waals surface area contributed by atoms with Crippen molar-refractivity contribution in [2.45, 2.75) is 86.6 Å². The van der Waals surface area contributed by atoms with Crippen molar-refractivity contribution in [3.63, 3.8) is 0 Å². The van der Waals surface area contributed by atoms with Gasteiger partial charge in [0.05, 0.1) is 47.2 Å². The van der Waals surface area contributed by atoms with Gasteiger partial charge in [-0.2, -0.15) is 16.8 Å². The van der Waals surface area contributed by atoms with E-state index in [9.17, 15) is 40.8 Å². The molecule has 17 heteroatoms. The third kappa shape index (κ3) is 10.8. The van der Waals surface area contributed by atoms with Gasteiger partial charge in [-0.25, -0.2) is 0 Å². The molecule has 5 rings (SSSR count). The molecule has 2 aliphatic rings. The summed E-state index contributed by atoms with van der Waals surface area (Å²) in [5, 5.41) is 20.0. The zero-order chi connectivity index (χ0) is 43.2. The number of unbranched alkanes of at least 4 members (excludes halogenated alkanes) is 2. The van der Waals surface area contributed by atoms with Crippen molar-refractivity contribution < 1.29 is 50.2 Å². The Kier molecular flexibility index (Phi) is 14.2. The molecule has 1 unspecified atom stereocenters. The van der Waals surface area contributed by atoms with Crippen LogP contribution in [0.3, 0.4) is 0 Å². The zero-order valence-electron chi connectivity index (χ0n) is 33.5. The predicted molar refractivity (Wildman–Crippen MR) is 223 cm³/mol. The summed E-state index contributed by atoms with van der Waals surface area (Å²) in [7, 11) is -8.88. The molecule has 3 N–H and O–H groups in total. The number of hydrogen-bond acceptors (Lipinski definition) is 11. The highest BCUT2D eigenvalue weighted by Crippen LogP contribution is 2.49. The third-order valence-electron chi connectivity index (χ3n) is 10.8. The smallest absolute Gasteiger partial charge is 0.303 e. The summed E-state index contributed by atoms with van der Waals surface area (Å²) in [6, 6.07) is 15.0. The minimum absolute atomic E-state index is 0.00568. The van der Waals surface area contributed by atoms with Gasteiger partial charge >= 0.3 is 5.97 Å². The lowest BCUT2D eigenvalue weighted by atomic mass is 9.80. The molecule has 59 heavy (non-hydrogen) atoms. The molecule has 3 aromatic rings. The number of non-ortho nitro benzene ring substituents is 1. The number of carboxylic acid groups (broad SMARTS) is 1. The van der Waals surface area contributed by atoms with Crippen molar-refractivity contribution >= 4 is 43.3 Å². The molecule has 0 saturated carbocycles. The molecule has 2 aliphatic heterocycles. The number of aliphatic carboxylic acids is 1. The van der Waals surface area contributed by atoms with Crippen molar-refractivity contribution in [1.82, 2.24) is 0 Å². The van der Waals surface area contributed by atoms with E-state index >= 15 is 0 Å². The second kappa shape index (κ2) is 18.6. The van der Waals surface area contributed by atoms with Crippen LogP contribution in [0.5, 0.6) is 0 Å². The summed E-state index contributed by atoms with van der Waals surface area (Å²) in [5.41, 5.74) is 3.54. The minimum Gasteiger partial charge on any atom is -0.481 e. The van der Waals surface area contributed by atoms with Gasteiger partial charge in [0, 0.05) is 59.5 Å². The number of ether oxygens (including phenoxy) is 2. The molecule has 2 heterocycles. The molecule has 1 atom stereocenters. The molecule has 0 amide bonds. The number of nitro groups is 1. The molecule has 3 aromatic carbocycles. The van der Waals surface area contributed by atoms with Crippen LogP contribution in [0.1, 0.15) is 70.1 Å². The van der Waals surface area contributed by atoms with Crippen LogP contribution in [0, 0.1) is 10.1 Å². The number of anilines is 2. The van der Waals surface area contributed by atoms with Gasteiger partial charge in [0.2, 0.25) is 0 Å². The highest BCUT2D eigenvalue weighted by molar-refractivity contribution is 7.86. The lowest BCUT2D eigenvalue weighted by Crippen LogP contribution is -2.41. The maximum atomic E-state index is 12.1. The Bertz CT molecular complexity index is 2340. The van der Waals surface area contributed by atoms with E-state index in [1.807, 2.05) is 58.1 Å². The first-order valence-electron chi connectivity index (χ1n) is 19.2. The molecule has 0 saturated heterocycles. The Labute approximate surface area is 345 Å². The Morgan fingerprint density at radius 3 is 2.05 bits per heavy atom. The molecule has 15 nitrogen and oxygen atoms in total. The van der Waals surface area contributed by atoms with Gasteiger partial charge in [0.25, 0.3) is 25.9 Å². The highest BCUT2D eigenvalue weighted by atomic mass is 32.2. The van der Waals surface area contributed by atoms with Crippen LogP contribution in [0.4, 0.5) is 17.1 Å². The number of carbonyl (C=O) groups is 1. The van der Waals surface area contributed by atoms with Crippen LogP contribution in [0.25, 0.3) is 0 Å². The standard InChI is InChI=1S/C42H51N3O12S2/c1-41(2)34-27-32(58(50,51)52)18-20-36(34)43(22-10-6-9-13-40(46)47)38(41)11-7-5-8-12-39-42(3,4)35-28-33(59(53,54)55)19-21-37(35)44(39)23-24-56-25-26-57-29-30-14-16-31(17-15-30)45(48)49/h5,7-8,11-12,14-21,27-28,39H,6,9-10,13,22-26,29H2,1-4H3,(H,46,47)(H,50,51,52)(H,53,54,55)/b7-5+,12-8+,38-11+. The SMILES string of the molecule is CC1(C)\C(=C/C=C/C=C/C2N(CCOCCOCc3ccc([N+](=O)[O-])cc3)c3ccc(S(=O)(=O)O)cc3C2(C)C)N(CCCCCC(=O)O)c2ccc(S(=O)(=O)O)cc21. The first kappa shape index (κ1) is 45.2. The van der Waals surface area contributed by atoms with Crippen molar-refractivity contribution in [1.29, 1.82) is 0 Å². The summed E-state index contributed by atoms with van der Waals surface area (Å²) in [6.45, 7) is 10.2. The Hall–Kier alpha value is -4.91. The molecular formula is C42H51N3O12S2. The summed E-state index contributed by atoms with van der Waals surface area (Å²) in [5.74, 6) is -0.848. The second-order valence-electron chi connectivity index (χ2n) is 15.6. The van der Waals surface area contributed by atoms with Gasteiger partial charge in [-0.15, -0.1) is 0 Å². The number of nitro benzene ring substituents is 1. The van der Waals surface area contributed by atoms with Gasteiger partial charge in [-0.1, -0.05) is 58.4 Å². The average Bonchev–Trinajstić information content (AvgIpc) is 3.50. The topological polar surface area (TPSA) is 214 Å². The normalized spacial score (nSPS) is 17.9. The fourth-order valence-corrected chi connectivity index (χ4v) is 8.70. The van der Waals surface area contributed by atoms with Crippen LogP contribution in [0.15, 0.2) is 107 Å². The van der Waals surface area contributed by atoms with Crippen molar-refractivity contribution in [2.24, 2.45) is 0 Å². The van der Waals surface area contributed by atoms with Crippen LogP contribution < -0.4 is 9.80 Å². The minimum atomic E-state index is -4.45. The monoisotopic (exact) mass is 853 g/mol. The van der Waals surface area contributed by atoms with Gasteiger partial charge < -0.3 is 24.4 Å². The number of rotatable bonds is 20. The maximum absolute atomic E-state index is 12.1. The third-order valence-corrected chi connectivity index (χ3v) is 12.5. The summed E-state index contributed by atoms with van der Waals surface area (Å²) in [6.07, 6.45) is 11.6. The van der Waals surface area contributed by atoms with E-state index in [1.54, 1.807) is 24.3 Å². The van der Waals surface area contributed by atoms with E-state index < -0.39 is 42.0 Å². The molecule has 0 spiro atoms. The highest BCUT2D eigenvalue weighted by Gasteiger charge is 2.44. The van der Waals surface area contributed by atoms with Gasteiger partial charge in [-0.05, 0) is 84.1 Å². The second-order valence-corrected chi connectivity index (χ2v) is 18.4. The van der Waals surface area contributed by atoms with Gasteiger partial charge in [-0.3, -0.25) is 24.0 Å². The van der Waals surface area contributed by atoms with Crippen molar-refractivity contribution in [2.75, 3.05) is 42.7 Å². The summed E-state index contributed by atoms with van der Waals surface area (Å²) in [4.78, 5) is 25.3. The van der Waals surface area contributed by atoms with Crippen LogP contribution in [0.2, 0.25) is 0 Å². The molecule has 0 fully saturated rings. The number of nitrogens with zero attached hydrogens (tertiary/aromatic N) is 3. The first-order valence-corrected chi connectivity index (χ1v) is 22.1. The van der Waals surface area contributed by atoms with Crippen molar-refractivity contribution in [3.05, 3.63) is 124 Å². The number of allylic oxidation sites excluding steroid dienone is 5. The lowest BCUT2D eigenvalue weighted by molar-refractivity contribution is -0.384. The molecule has 0 radical (unpaired) electrons.